The van der Waals surface area contributed by atoms with Gasteiger partial charge >= 0.3 is 0 Å². The van der Waals surface area contributed by atoms with Crippen LogP contribution in [-0.4, -0.2) is 23.3 Å². The molecule has 1 heterocycles. The molecular formula is C10H15N3O. The molecule has 1 rings (SSSR count). The Hall–Kier alpha value is -1.45. The number of aliphatic imine (C=N–C) groups is 1. The van der Waals surface area contributed by atoms with Gasteiger partial charge in [-0.2, -0.15) is 0 Å². The van der Waals surface area contributed by atoms with Crippen LogP contribution >= 0.6 is 0 Å². The van der Waals surface area contributed by atoms with Gasteiger partial charge in [0.2, 0.25) is 5.88 Å². The van der Waals surface area contributed by atoms with E-state index >= 15 is 0 Å². The SMILES string of the molecule is C=NCc1nccnc1OCCCC. The molecule has 0 saturated carbocycles. The van der Waals surface area contributed by atoms with Gasteiger partial charge in [-0.3, -0.25) is 9.98 Å². The van der Waals surface area contributed by atoms with Crippen LogP contribution in [0.3, 0.4) is 0 Å². The highest BCUT2D eigenvalue weighted by Gasteiger charge is 2.04. The van der Waals surface area contributed by atoms with Gasteiger partial charge in [-0.1, -0.05) is 13.3 Å². The van der Waals surface area contributed by atoms with E-state index in [4.69, 9.17) is 4.74 Å². The second-order valence-electron chi connectivity index (χ2n) is 2.89. The van der Waals surface area contributed by atoms with E-state index in [2.05, 4.69) is 28.6 Å². The van der Waals surface area contributed by atoms with Crippen molar-refractivity contribution in [1.29, 1.82) is 0 Å². The van der Waals surface area contributed by atoms with Gasteiger partial charge in [-0.25, -0.2) is 4.98 Å². The molecule has 0 N–H and O–H groups in total. The van der Waals surface area contributed by atoms with E-state index in [0.29, 0.717) is 19.0 Å². The van der Waals surface area contributed by atoms with Crippen LogP contribution in [0.2, 0.25) is 0 Å². The minimum atomic E-state index is 0.454. The Morgan fingerprint density at radius 2 is 2.21 bits per heavy atom. The summed E-state index contributed by atoms with van der Waals surface area (Å²) in [6.07, 6.45) is 5.38. The molecule has 0 fully saturated rings. The van der Waals surface area contributed by atoms with Crippen molar-refractivity contribution in [3.8, 4) is 5.88 Å². The van der Waals surface area contributed by atoms with Crippen LogP contribution in [-0.2, 0) is 6.54 Å². The molecule has 1 aromatic heterocycles. The summed E-state index contributed by atoms with van der Waals surface area (Å²) in [5, 5.41) is 0. The maximum atomic E-state index is 5.47. The van der Waals surface area contributed by atoms with E-state index in [1.54, 1.807) is 12.4 Å². The highest BCUT2D eigenvalue weighted by atomic mass is 16.5. The van der Waals surface area contributed by atoms with Gasteiger partial charge in [0.25, 0.3) is 0 Å². The van der Waals surface area contributed by atoms with Gasteiger partial charge in [-0.15, -0.1) is 0 Å². The monoisotopic (exact) mass is 193 g/mol. The Bertz CT molecular complexity index is 288. The zero-order valence-corrected chi connectivity index (χ0v) is 8.44. The number of hydrogen-bond donors (Lipinski definition) is 0. The molecule has 0 aliphatic carbocycles. The van der Waals surface area contributed by atoms with Gasteiger partial charge in [0, 0.05) is 12.4 Å². The first-order chi connectivity index (χ1) is 6.88. The summed E-state index contributed by atoms with van der Waals surface area (Å²) >= 11 is 0. The maximum Gasteiger partial charge on any atom is 0.237 e. The zero-order valence-electron chi connectivity index (χ0n) is 8.44. The summed E-state index contributed by atoms with van der Waals surface area (Å²) in [7, 11) is 0. The molecule has 14 heavy (non-hydrogen) atoms. The smallest absolute Gasteiger partial charge is 0.237 e. The standard InChI is InChI=1S/C10H15N3O/c1-3-4-7-14-10-9(8-11-2)12-5-6-13-10/h5-6H,2-4,7-8H2,1H3. The van der Waals surface area contributed by atoms with Crippen LogP contribution in [0.4, 0.5) is 0 Å². The molecule has 0 bridgehead atoms. The molecule has 0 aliphatic rings. The zero-order chi connectivity index (χ0) is 10.2. The highest BCUT2D eigenvalue weighted by molar-refractivity contribution is 5.25. The Balaban J connectivity index is 2.59. The van der Waals surface area contributed by atoms with Crippen LogP contribution in [0.25, 0.3) is 0 Å². The number of unbranched alkanes of at least 4 members (excludes halogenated alkanes) is 1. The summed E-state index contributed by atoms with van der Waals surface area (Å²) in [6, 6.07) is 0. The molecule has 0 atom stereocenters. The summed E-state index contributed by atoms with van der Waals surface area (Å²) in [5.74, 6) is 0.577. The Labute approximate surface area is 84.1 Å². The average Bonchev–Trinajstić information content (AvgIpc) is 2.21. The van der Waals surface area contributed by atoms with Crippen LogP contribution < -0.4 is 4.74 Å². The quantitative estimate of drug-likeness (QED) is 0.511. The van der Waals surface area contributed by atoms with Crippen LogP contribution in [0, 0.1) is 0 Å². The fourth-order valence-electron chi connectivity index (χ4n) is 1.00. The molecule has 0 radical (unpaired) electrons. The van der Waals surface area contributed by atoms with E-state index < -0.39 is 0 Å². The van der Waals surface area contributed by atoms with Crippen molar-refractivity contribution in [3.63, 3.8) is 0 Å². The van der Waals surface area contributed by atoms with Crippen molar-refractivity contribution in [1.82, 2.24) is 9.97 Å². The molecule has 0 aromatic carbocycles. The Kier molecular flexibility index (Phi) is 4.61. The average molecular weight is 193 g/mol. The summed E-state index contributed by atoms with van der Waals surface area (Å²) < 4.78 is 5.47. The minimum absolute atomic E-state index is 0.454. The minimum Gasteiger partial charge on any atom is -0.476 e. The molecule has 1 aromatic rings. The van der Waals surface area contributed by atoms with Crippen molar-refractivity contribution < 1.29 is 4.74 Å². The van der Waals surface area contributed by atoms with Crippen molar-refractivity contribution >= 4 is 6.72 Å². The van der Waals surface area contributed by atoms with Crippen molar-refractivity contribution in [2.24, 2.45) is 4.99 Å². The summed E-state index contributed by atoms with van der Waals surface area (Å²) in [5.41, 5.74) is 0.749. The van der Waals surface area contributed by atoms with Gasteiger partial charge < -0.3 is 4.74 Å². The Morgan fingerprint density at radius 3 is 2.93 bits per heavy atom. The second kappa shape index (κ2) is 6.07. The number of hydrogen-bond acceptors (Lipinski definition) is 4. The van der Waals surface area contributed by atoms with Crippen molar-refractivity contribution in [3.05, 3.63) is 18.1 Å². The first-order valence-corrected chi connectivity index (χ1v) is 4.73. The largest absolute Gasteiger partial charge is 0.476 e. The van der Waals surface area contributed by atoms with Crippen LogP contribution in [0.5, 0.6) is 5.88 Å². The normalized spacial score (nSPS) is 9.79. The van der Waals surface area contributed by atoms with Crippen LogP contribution in [0.1, 0.15) is 25.5 Å². The second-order valence-corrected chi connectivity index (χ2v) is 2.89. The molecular weight excluding hydrogens is 178 g/mol. The van der Waals surface area contributed by atoms with E-state index in [1.807, 2.05) is 0 Å². The third-order valence-electron chi connectivity index (χ3n) is 1.73. The Morgan fingerprint density at radius 1 is 1.43 bits per heavy atom. The van der Waals surface area contributed by atoms with E-state index in [0.717, 1.165) is 18.5 Å². The summed E-state index contributed by atoms with van der Waals surface area (Å²) in [4.78, 5) is 12.0. The van der Waals surface area contributed by atoms with Gasteiger partial charge in [0.1, 0.15) is 5.69 Å². The molecule has 0 aliphatic heterocycles. The fraction of sp³-hybridized carbons (Fsp3) is 0.500. The van der Waals surface area contributed by atoms with E-state index in [-0.39, 0.29) is 0 Å². The summed E-state index contributed by atoms with van der Waals surface area (Å²) in [6.45, 7) is 6.67. The van der Waals surface area contributed by atoms with Crippen LogP contribution in [0.15, 0.2) is 17.4 Å². The first kappa shape index (κ1) is 10.6. The molecule has 0 spiro atoms. The fourth-order valence-corrected chi connectivity index (χ4v) is 1.00. The lowest BCUT2D eigenvalue weighted by molar-refractivity contribution is 0.292. The topological polar surface area (TPSA) is 47.4 Å². The molecule has 4 nitrogen and oxygen atoms in total. The maximum absolute atomic E-state index is 5.47. The number of rotatable bonds is 6. The van der Waals surface area contributed by atoms with E-state index in [1.165, 1.54) is 0 Å². The molecule has 0 unspecified atom stereocenters. The van der Waals surface area contributed by atoms with Gasteiger partial charge in [0.05, 0.1) is 13.2 Å². The van der Waals surface area contributed by atoms with Crippen molar-refractivity contribution in [2.75, 3.05) is 6.61 Å². The molecule has 4 heteroatoms. The molecule has 0 saturated heterocycles. The third kappa shape index (κ3) is 3.12. The number of ether oxygens (including phenoxy) is 1. The van der Waals surface area contributed by atoms with Crippen molar-refractivity contribution in [2.45, 2.75) is 26.3 Å². The predicted molar refractivity (Wildman–Crippen MR) is 55.7 cm³/mol. The molecule has 0 amide bonds. The number of nitrogens with zero attached hydrogens (tertiary/aromatic N) is 3. The highest BCUT2D eigenvalue weighted by Crippen LogP contribution is 2.12. The van der Waals surface area contributed by atoms with E-state index in [9.17, 15) is 0 Å². The predicted octanol–water partition coefficient (Wildman–Crippen LogP) is 1.86. The first-order valence-electron chi connectivity index (χ1n) is 4.73. The lowest BCUT2D eigenvalue weighted by atomic mass is 10.3. The third-order valence-corrected chi connectivity index (χ3v) is 1.73. The lowest BCUT2D eigenvalue weighted by Gasteiger charge is -2.06. The lowest BCUT2D eigenvalue weighted by Crippen LogP contribution is -2.03. The van der Waals surface area contributed by atoms with Gasteiger partial charge in [0.15, 0.2) is 0 Å². The molecule has 76 valence electrons. The van der Waals surface area contributed by atoms with Gasteiger partial charge in [-0.05, 0) is 13.1 Å². The number of aromatic nitrogens is 2.